The molecule has 0 saturated heterocycles. The predicted octanol–water partition coefficient (Wildman–Crippen LogP) is 4.45. The lowest BCUT2D eigenvalue weighted by Crippen LogP contribution is -2.11. The highest BCUT2D eigenvalue weighted by Gasteiger charge is 2.19. The molecule has 0 heterocycles. The SMILES string of the molecule is CCCCCCC(=O)C(C#N)c1ccc(C)c(C)c1. The normalized spacial score (nSPS) is 11.9. The van der Waals surface area contributed by atoms with Crippen molar-refractivity contribution in [2.75, 3.05) is 0 Å². The van der Waals surface area contributed by atoms with Crippen LogP contribution in [0, 0.1) is 25.2 Å². The number of hydrogen-bond acceptors (Lipinski definition) is 2. The van der Waals surface area contributed by atoms with Gasteiger partial charge in [0.15, 0.2) is 5.78 Å². The molecule has 102 valence electrons. The first-order chi connectivity index (χ1) is 9.10. The molecule has 0 aliphatic rings. The lowest BCUT2D eigenvalue weighted by atomic mass is 9.91. The molecule has 0 fully saturated rings. The van der Waals surface area contributed by atoms with E-state index in [1.807, 2.05) is 32.0 Å². The number of nitriles is 1. The summed E-state index contributed by atoms with van der Waals surface area (Å²) in [5.41, 5.74) is 3.17. The van der Waals surface area contributed by atoms with Gasteiger partial charge in [0, 0.05) is 6.42 Å². The Bertz CT molecular complexity index is 471. The standard InChI is InChI=1S/C17H23NO/c1-4-5-6-7-8-17(19)16(12-18)15-10-9-13(2)14(3)11-15/h9-11,16H,4-8H2,1-3H3. The summed E-state index contributed by atoms with van der Waals surface area (Å²) in [6.45, 7) is 6.20. The third-order valence-electron chi connectivity index (χ3n) is 3.59. The molecule has 0 spiro atoms. The first-order valence-electron chi connectivity index (χ1n) is 7.09. The number of carbonyl (C=O) groups excluding carboxylic acids is 1. The van der Waals surface area contributed by atoms with Crippen molar-refractivity contribution in [3.63, 3.8) is 0 Å². The summed E-state index contributed by atoms with van der Waals surface area (Å²) in [4.78, 5) is 12.1. The summed E-state index contributed by atoms with van der Waals surface area (Å²) in [6, 6.07) is 8.01. The van der Waals surface area contributed by atoms with Gasteiger partial charge in [0.05, 0.1) is 6.07 Å². The number of rotatable bonds is 7. The fourth-order valence-electron chi connectivity index (χ4n) is 2.15. The summed E-state index contributed by atoms with van der Waals surface area (Å²) >= 11 is 0. The van der Waals surface area contributed by atoms with Gasteiger partial charge in [-0.3, -0.25) is 4.79 Å². The van der Waals surface area contributed by atoms with Crippen molar-refractivity contribution in [1.82, 2.24) is 0 Å². The highest BCUT2D eigenvalue weighted by molar-refractivity contribution is 5.88. The maximum Gasteiger partial charge on any atom is 0.154 e. The third-order valence-corrected chi connectivity index (χ3v) is 3.59. The van der Waals surface area contributed by atoms with E-state index in [4.69, 9.17) is 0 Å². The van der Waals surface area contributed by atoms with E-state index in [0.29, 0.717) is 6.42 Å². The van der Waals surface area contributed by atoms with Crippen LogP contribution < -0.4 is 0 Å². The van der Waals surface area contributed by atoms with Crippen molar-refractivity contribution in [1.29, 1.82) is 5.26 Å². The van der Waals surface area contributed by atoms with Gasteiger partial charge in [0.2, 0.25) is 0 Å². The maximum absolute atomic E-state index is 12.1. The van der Waals surface area contributed by atoms with Crippen LogP contribution in [0.1, 0.15) is 61.6 Å². The molecule has 0 saturated carbocycles. The average Bonchev–Trinajstić information content (AvgIpc) is 2.40. The van der Waals surface area contributed by atoms with Gasteiger partial charge in [-0.15, -0.1) is 0 Å². The van der Waals surface area contributed by atoms with Gasteiger partial charge >= 0.3 is 0 Å². The molecule has 1 atom stereocenters. The fourth-order valence-corrected chi connectivity index (χ4v) is 2.15. The Balaban J connectivity index is 2.69. The van der Waals surface area contributed by atoms with Crippen molar-refractivity contribution in [2.45, 2.75) is 58.8 Å². The summed E-state index contributed by atoms with van der Waals surface area (Å²) in [5, 5.41) is 9.24. The van der Waals surface area contributed by atoms with Gasteiger partial charge in [0.25, 0.3) is 0 Å². The van der Waals surface area contributed by atoms with Crippen LogP contribution in [0.2, 0.25) is 0 Å². The van der Waals surface area contributed by atoms with Crippen molar-refractivity contribution in [3.8, 4) is 6.07 Å². The third kappa shape index (κ3) is 4.52. The zero-order chi connectivity index (χ0) is 14.3. The van der Waals surface area contributed by atoms with E-state index in [1.165, 1.54) is 5.56 Å². The summed E-state index contributed by atoms with van der Waals surface area (Å²) in [7, 11) is 0. The molecular formula is C17H23NO. The van der Waals surface area contributed by atoms with Gasteiger partial charge in [-0.25, -0.2) is 0 Å². The van der Waals surface area contributed by atoms with Crippen LogP contribution in [-0.4, -0.2) is 5.78 Å². The van der Waals surface area contributed by atoms with Gasteiger partial charge < -0.3 is 0 Å². The van der Waals surface area contributed by atoms with Crippen LogP contribution in [-0.2, 0) is 4.79 Å². The van der Waals surface area contributed by atoms with E-state index < -0.39 is 5.92 Å². The average molecular weight is 257 g/mol. The molecule has 1 unspecified atom stereocenters. The van der Waals surface area contributed by atoms with Crippen molar-refractivity contribution in [2.24, 2.45) is 0 Å². The molecule has 2 nitrogen and oxygen atoms in total. The fraction of sp³-hybridized carbons (Fsp3) is 0.529. The monoisotopic (exact) mass is 257 g/mol. The molecule has 0 aromatic heterocycles. The minimum absolute atomic E-state index is 0.0573. The minimum Gasteiger partial charge on any atom is -0.298 e. The number of ketones is 1. The molecule has 1 aromatic rings. The summed E-state index contributed by atoms with van der Waals surface area (Å²) < 4.78 is 0. The Kier molecular flexibility index (Phi) is 6.29. The van der Waals surface area contributed by atoms with Crippen molar-refractivity contribution in [3.05, 3.63) is 34.9 Å². The number of aryl methyl sites for hydroxylation is 2. The molecule has 0 radical (unpaired) electrons. The Hall–Kier alpha value is -1.62. The smallest absolute Gasteiger partial charge is 0.154 e. The molecule has 0 N–H and O–H groups in total. The second-order valence-electron chi connectivity index (χ2n) is 5.18. The Morgan fingerprint density at radius 3 is 2.53 bits per heavy atom. The van der Waals surface area contributed by atoms with Crippen molar-refractivity contribution < 1.29 is 4.79 Å². The largest absolute Gasteiger partial charge is 0.298 e. The van der Waals surface area contributed by atoms with Gasteiger partial charge in [0.1, 0.15) is 5.92 Å². The van der Waals surface area contributed by atoms with Gasteiger partial charge in [-0.2, -0.15) is 5.26 Å². The molecule has 2 heteroatoms. The van der Waals surface area contributed by atoms with Crippen LogP contribution in [0.5, 0.6) is 0 Å². The number of nitrogens with zero attached hydrogens (tertiary/aromatic N) is 1. The lowest BCUT2D eigenvalue weighted by Gasteiger charge is -2.10. The molecular weight excluding hydrogens is 234 g/mol. The van der Waals surface area contributed by atoms with Crippen LogP contribution >= 0.6 is 0 Å². The van der Waals surface area contributed by atoms with E-state index >= 15 is 0 Å². The molecule has 0 amide bonds. The highest BCUT2D eigenvalue weighted by Crippen LogP contribution is 2.21. The summed E-state index contributed by atoms with van der Waals surface area (Å²) in [5.74, 6) is -0.539. The maximum atomic E-state index is 12.1. The quantitative estimate of drug-likeness (QED) is 0.677. The van der Waals surface area contributed by atoms with Gasteiger partial charge in [-0.1, -0.05) is 44.4 Å². The number of hydrogen-bond donors (Lipinski definition) is 0. The zero-order valence-corrected chi connectivity index (χ0v) is 12.2. The van der Waals surface area contributed by atoms with Crippen LogP contribution in [0.3, 0.4) is 0 Å². The first-order valence-corrected chi connectivity index (χ1v) is 7.09. The Morgan fingerprint density at radius 2 is 1.95 bits per heavy atom. The number of benzene rings is 1. The van der Waals surface area contributed by atoms with E-state index in [-0.39, 0.29) is 5.78 Å². The van der Waals surface area contributed by atoms with E-state index in [9.17, 15) is 10.1 Å². The Labute approximate surface area is 116 Å². The highest BCUT2D eigenvalue weighted by atomic mass is 16.1. The van der Waals surface area contributed by atoms with E-state index in [2.05, 4.69) is 13.0 Å². The van der Waals surface area contributed by atoms with E-state index in [1.54, 1.807) is 0 Å². The topological polar surface area (TPSA) is 40.9 Å². The zero-order valence-electron chi connectivity index (χ0n) is 12.2. The molecule has 1 aromatic carbocycles. The van der Waals surface area contributed by atoms with Crippen LogP contribution in [0.4, 0.5) is 0 Å². The number of Topliss-reactive ketones (excluding diaryl/α,β-unsaturated/α-hetero) is 1. The molecule has 0 aliphatic heterocycles. The molecule has 1 rings (SSSR count). The molecule has 19 heavy (non-hydrogen) atoms. The summed E-state index contributed by atoms with van der Waals surface area (Å²) in [6.07, 6.45) is 4.81. The minimum atomic E-state index is -0.596. The van der Waals surface area contributed by atoms with Crippen LogP contribution in [0.15, 0.2) is 18.2 Å². The first kappa shape index (κ1) is 15.4. The number of carbonyl (C=O) groups is 1. The second-order valence-corrected chi connectivity index (χ2v) is 5.18. The predicted molar refractivity (Wildman–Crippen MR) is 78.0 cm³/mol. The Morgan fingerprint density at radius 1 is 1.21 bits per heavy atom. The second kappa shape index (κ2) is 7.74. The molecule has 0 bridgehead atoms. The van der Waals surface area contributed by atoms with Gasteiger partial charge in [-0.05, 0) is 37.0 Å². The molecule has 0 aliphatic carbocycles. The van der Waals surface area contributed by atoms with Crippen molar-refractivity contribution >= 4 is 5.78 Å². The van der Waals surface area contributed by atoms with E-state index in [0.717, 1.165) is 36.8 Å². The number of unbranched alkanes of at least 4 members (excludes halogenated alkanes) is 3. The lowest BCUT2D eigenvalue weighted by molar-refractivity contribution is -0.119. The van der Waals surface area contributed by atoms with Crippen LogP contribution in [0.25, 0.3) is 0 Å².